The number of hydrogen-bond donors (Lipinski definition) is 0. The van der Waals surface area contributed by atoms with Crippen LogP contribution in [0.1, 0.15) is 69.9 Å². The van der Waals surface area contributed by atoms with Crippen molar-refractivity contribution in [2.24, 2.45) is 5.41 Å². The number of unbranched alkanes of at least 4 members (excludes halogenated alkanes) is 1. The summed E-state index contributed by atoms with van der Waals surface area (Å²) in [5, 5.41) is 0. The molecule has 130 valence electrons. The fourth-order valence-corrected chi connectivity index (χ4v) is 3.07. The summed E-state index contributed by atoms with van der Waals surface area (Å²) >= 11 is 0. The van der Waals surface area contributed by atoms with Crippen LogP contribution in [-0.4, -0.2) is 4.98 Å². The van der Waals surface area contributed by atoms with Gasteiger partial charge in [0.25, 0.3) is 0 Å². The van der Waals surface area contributed by atoms with E-state index in [0.29, 0.717) is 5.41 Å². The number of aryl methyl sites for hydroxylation is 2. The molecule has 2 aromatic rings. The Kier molecular flexibility index (Phi) is 6.15. The van der Waals surface area contributed by atoms with Crippen molar-refractivity contribution < 1.29 is 4.39 Å². The smallest absolute Gasteiger partial charge is 0.123 e. The second-order valence-corrected chi connectivity index (χ2v) is 7.98. The molecule has 1 nitrogen and oxygen atoms in total. The SMILES string of the molecule is Cc1cc(-c2ccc(CCCCC(C)(C)C)c(C(C)F)c2)ccn1. The minimum Gasteiger partial charge on any atom is -0.262 e. The molecule has 2 rings (SSSR count). The zero-order valence-corrected chi connectivity index (χ0v) is 15.7. The van der Waals surface area contributed by atoms with Crippen LogP contribution in [0.4, 0.5) is 4.39 Å². The minimum atomic E-state index is -0.939. The third kappa shape index (κ3) is 5.43. The predicted octanol–water partition coefficient (Wildman–Crippen LogP) is 6.85. The number of nitrogens with zero attached hydrogens (tertiary/aromatic N) is 1. The first-order chi connectivity index (χ1) is 11.3. The molecular formula is C22H30FN. The van der Waals surface area contributed by atoms with Crippen LogP contribution < -0.4 is 0 Å². The molecule has 0 aliphatic rings. The van der Waals surface area contributed by atoms with Crippen LogP contribution >= 0.6 is 0 Å². The van der Waals surface area contributed by atoms with Crippen LogP contribution in [0.25, 0.3) is 11.1 Å². The fourth-order valence-electron chi connectivity index (χ4n) is 3.07. The highest BCUT2D eigenvalue weighted by molar-refractivity contribution is 5.65. The van der Waals surface area contributed by atoms with Crippen molar-refractivity contribution in [3.05, 3.63) is 53.3 Å². The lowest BCUT2D eigenvalue weighted by Crippen LogP contribution is -2.05. The molecule has 0 saturated carbocycles. The van der Waals surface area contributed by atoms with E-state index in [1.54, 1.807) is 6.92 Å². The zero-order chi connectivity index (χ0) is 17.7. The first-order valence-electron chi connectivity index (χ1n) is 8.96. The first kappa shape index (κ1) is 18.6. The number of halogens is 1. The Morgan fingerprint density at radius 3 is 2.38 bits per heavy atom. The van der Waals surface area contributed by atoms with Crippen molar-refractivity contribution in [2.75, 3.05) is 0 Å². The summed E-state index contributed by atoms with van der Waals surface area (Å²) in [7, 11) is 0. The first-order valence-corrected chi connectivity index (χ1v) is 8.96. The molecule has 0 bridgehead atoms. The summed E-state index contributed by atoms with van der Waals surface area (Å²) in [5.41, 5.74) is 5.50. The van der Waals surface area contributed by atoms with E-state index in [2.05, 4.69) is 37.9 Å². The van der Waals surface area contributed by atoms with Gasteiger partial charge in [-0.05, 0) is 79.0 Å². The third-order valence-corrected chi connectivity index (χ3v) is 4.43. The van der Waals surface area contributed by atoms with E-state index in [4.69, 9.17) is 0 Å². The van der Waals surface area contributed by atoms with E-state index >= 15 is 0 Å². The largest absolute Gasteiger partial charge is 0.262 e. The molecule has 0 N–H and O–H groups in total. The molecule has 0 aliphatic carbocycles. The molecule has 1 atom stereocenters. The number of alkyl halides is 1. The van der Waals surface area contributed by atoms with Gasteiger partial charge >= 0.3 is 0 Å². The molecule has 0 amide bonds. The number of rotatable bonds is 6. The lowest BCUT2D eigenvalue weighted by atomic mass is 9.88. The molecule has 24 heavy (non-hydrogen) atoms. The van der Waals surface area contributed by atoms with Crippen LogP contribution in [-0.2, 0) is 6.42 Å². The van der Waals surface area contributed by atoms with Crippen molar-refractivity contribution in [1.29, 1.82) is 0 Å². The van der Waals surface area contributed by atoms with Crippen molar-refractivity contribution in [1.82, 2.24) is 4.98 Å². The minimum absolute atomic E-state index is 0.374. The van der Waals surface area contributed by atoms with Gasteiger partial charge in [0.2, 0.25) is 0 Å². The number of aromatic nitrogens is 1. The highest BCUT2D eigenvalue weighted by Crippen LogP contribution is 2.30. The molecule has 1 heterocycles. The van der Waals surface area contributed by atoms with Crippen LogP contribution in [0.15, 0.2) is 36.5 Å². The number of pyridine rings is 1. The highest BCUT2D eigenvalue weighted by Gasteiger charge is 2.13. The molecule has 0 spiro atoms. The quantitative estimate of drug-likeness (QED) is 0.529. The maximum absolute atomic E-state index is 14.2. The van der Waals surface area contributed by atoms with Crippen LogP contribution in [0, 0.1) is 12.3 Å². The molecule has 0 radical (unpaired) electrons. The van der Waals surface area contributed by atoms with Crippen LogP contribution in [0.2, 0.25) is 0 Å². The molecular weight excluding hydrogens is 297 g/mol. The maximum Gasteiger partial charge on any atom is 0.123 e. The summed E-state index contributed by atoms with van der Waals surface area (Å²) in [5.74, 6) is 0. The van der Waals surface area contributed by atoms with Gasteiger partial charge in [0, 0.05) is 11.9 Å². The average Bonchev–Trinajstić information content (AvgIpc) is 2.50. The van der Waals surface area contributed by atoms with Gasteiger partial charge < -0.3 is 0 Å². The van der Waals surface area contributed by atoms with Gasteiger partial charge in [-0.15, -0.1) is 0 Å². The Hall–Kier alpha value is -1.70. The molecule has 2 heteroatoms. The zero-order valence-electron chi connectivity index (χ0n) is 15.7. The molecule has 0 aliphatic heterocycles. The highest BCUT2D eigenvalue weighted by atomic mass is 19.1. The summed E-state index contributed by atoms with van der Waals surface area (Å²) < 4.78 is 14.2. The Morgan fingerprint density at radius 2 is 1.75 bits per heavy atom. The molecule has 1 aromatic heterocycles. The third-order valence-electron chi connectivity index (χ3n) is 4.43. The monoisotopic (exact) mass is 327 g/mol. The summed E-state index contributed by atoms with van der Waals surface area (Å²) in [4.78, 5) is 4.24. The summed E-state index contributed by atoms with van der Waals surface area (Å²) in [6.45, 7) is 10.4. The Morgan fingerprint density at radius 1 is 1.04 bits per heavy atom. The van der Waals surface area contributed by atoms with E-state index in [0.717, 1.165) is 40.8 Å². The maximum atomic E-state index is 14.2. The van der Waals surface area contributed by atoms with E-state index in [9.17, 15) is 4.39 Å². The van der Waals surface area contributed by atoms with Gasteiger partial charge in [-0.3, -0.25) is 4.98 Å². The average molecular weight is 327 g/mol. The predicted molar refractivity (Wildman–Crippen MR) is 101 cm³/mol. The molecule has 0 fully saturated rings. The van der Waals surface area contributed by atoms with Gasteiger partial charge in [-0.2, -0.15) is 0 Å². The van der Waals surface area contributed by atoms with Gasteiger partial charge in [0.15, 0.2) is 0 Å². The Labute approximate surface area is 146 Å². The lowest BCUT2D eigenvalue weighted by molar-refractivity contribution is 0.357. The van der Waals surface area contributed by atoms with Gasteiger partial charge in [0.05, 0.1) is 0 Å². The summed E-state index contributed by atoms with van der Waals surface area (Å²) in [6.07, 6.45) is 5.34. The number of benzene rings is 1. The summed E-state index contributed by atoms with van der Waals surface area (Å²) in [6, 6.07) is 10.3. The van der Waals surface area contributed by atoms with Gasteiger partial charge in [0.1, 0.15) is 6.17 Å². The van der Waals surface area contributed by atoms with Gasteiger partial charge in [-0.25, -0.2) is 4.39 Å². The van der Waals surface area contributed by atoms with Crippen molar-refractivity contribution in [2.45, 2.75) is 66.5 Å². The van der Waals surface area contributed by atoms with E-state index in [-0.39, 0.29) is 0 Å². The Bertz CT molecular complexity index is 668. The van der Waals surface area contributed by atoms with E-state index in [1.165, 1.54) is 12.8 Å². The molecule has 1 aromatic carbocycles. The Balaban J connectivity index is 2.15. The topological polar surface area (TPSA) is 12.9 Å². The normalized spacial score (nSPS) is 13.1. The molecule has 1 unspecified atom stereocenters. The van der Waals surface area contributed by atoms with Crippen molar-refractivity contribution in [3.8, 4) is 11.1 Å². The second kappa shape index (κ2) is 7.92. The van der Waals surface area contributed by atoms with Crippen molar-refractivity contribution in [3.63, 3.8) is 0 Å². The van der Waals surface area contributed by atoms with E-state index < -0.39 is 6.17 Å². The van der Waals surface area contributed by atoms with Gasteiger partial charge in [-0.1, -0.05) is 39.3 Å². The number of hydrogen-bond acceptors (Lipinski definition) is 1. The van der Waals surface area contributed by atoms with Crippen molar-refractivity contribution >= 4 is 0 Å². The second-order valence-electron chi connectivity index (χ2n) is 7.98. The molecule has 0 saturated heterocycles. The lowest BCUT2D eigenvalue weighted by Gasteiger charge is -2.18. The fraction of sp³-hybridized carbons (Fsp3) is 0.500. The van der Waals surface area contributed by atoms with Crippen LogP contribution in [0.3, 0.4) is 0 Å². The van der Waals surface area contributed by atoms with E-state index in [1.807, 2.05) is 31.3 Å². The standard InChI is InChI=1S/C22H30FN/c1-16-14-20(11-13-24-16)19-10-9-18(21(15-19)17(2)23)8-6-7-12-22(3,4)5/h9-11,13-15,17H,6-8,12H2,1-5H3. The van der Waals surface area contributed by atoms with Crippen LogP contribution in [0.5, 0.6) is 0 Å².